The summed E-state index contributed by atoms with van der Waals surface area (Å²) in [7, 11) is 1.29. The van der Waals surface area contributed by atoms with Gasteiger partial charge in [0.15, 0.2) is 5.82 Å². The monoisotopic (exact) mass is 254 g/mol. The third-order valence-corrected chi connectivity index (χ3v) is 2.81. The number of nitrogens with one attached hydrogen (secondary N) is 2. The van der Waals surface area contributed by atoms with Crippen LogP contribution < -0.4 is 11.1 Å². The van der Waals surface area contributed by atoms with E-state index in [0.717, 1.165) is 11.5 Å². The number of aromatic amines is 1. The van der Waals surface area contributed by atoms with E-state index in [0.29, 0.717) is 17.4 Å². The largest absolute Gasteiger partial charge is 0.465 e. The van der Waals surface area contributed by atoms with Crippen LogP contribution in [0.15, 0.2) is 6.33 Å². The molecule has 0 aliphatic carbocycles. The molecule has 8 nitrogen and oxygen atoms in total. The van der Waals surface area contributed by atoms with Gasteiger partial charge < -0.3 is 15.8 Å². The number of aromatic nitrogens is 4. The number of anilines is 2. The lowest BCUT2D eigenvalue weighted by Gasteiger charge is -2.03. The zero-order valence-electron chi connectivity index (χ0n) is 8.93. The number of H-pyrrole nitrogens is 1. The van der Waals surface area contributed by atoms with Gasteiger partial charge in [0, 0.05) is 0 Å². The van der Waals surface area contributed by atoms with Gasteiger partial charge in [0.05, 0.1) is 13.7 Å². The summed E-state index contributed by atoms with van der Waals surface area (Å²) >= 11 is 1.09. The number of ether oxygens (including phenoxy) is 1. The minimum atomic E-state index is -0.517. The number of hydrogen-bond donors (Lipinski definition) is 3. The van der Waals surface area contributed by atoms with Crippen molar-refractivity contribution in [3.8, 4) is 0 Å². The zero-order valence-corrected chi connectivity index (χ0v) is 9.74. The summed E-state index contributed by atoms with van der Waals surface area (Å²) in [5.74, 6) is 0.283. The van der Waals surface area contributed by atoms with Crippen LogP contribution in [0.25, 0.3) is 0 Å². The number of carbonyl (C=O) groups excluding carboxylic acids is 1. The fourth-order valence-corrected chi connectivity index (χ4v) is 1.90. The molecule has 17 heavy (non-hydrogen) atoms. The molecule has 0 amide bonds. The van der Waals surface area contributed by atoms with Crippen LogP contribution in [0.1, 0.15) is 16.2 Å². The van der Waals surface area contributed by atoms with E-state index in [-0.39, 0.29) is 11.4 Å². The van der Waals surface area contributed by atoms with Gasteiger partial charge in [-0.05, 0) is 11.5 Å². The molecule has 4 N–H and O–H groups in total. The second-order valence-electron chi connectivity index (χ2n) is 3.05. The summed E-state index contributed by atoms with van der Waals surface area (Å²) in [5, 5.41) is 9.94. The lowest BCUT2D eigenvalue weighted by atomic mass is 10.3. The average molecular weight is 254 g/mol. The van der Waals surface area contributed by atoms with Gasteiger partial charge in [-0.2, -0.15) is 9.47 Å². The van der Waals surface area contributed by atoms with Crippen molar-refractivity contribution < 1.29 is 9.53 Å². The van der Waals surface area contributed by atoms with Gasteiger partial charge in [0.2, 0.25) is 0 Å². The Morgan fingerprint density at radius 2 is 2.53 bits per heavy atom. The number of hydrogen-bond acceptors (Lipinski definition) is 8. The standard InChI is InChI=1S/C8H10N6O2S/c1-16-8(15)5-6(9)14-17-7(5)10-2-4-11-3-12-13-4/h3,10H,2H2,1H3,(H2,9,14)(H,11,12,13). The summed E-state index contributed by atoms with van der Waals surface area (Å²) in [6, 6.07) is 0. The van der Waals surface area contributed by atoms with E-state index >= 15 is 0 Å². The molecule has 0 saturated carbocycles. The summed E-state index contributed by atoms with van der Waals surface area (Å²) in [5.41, 5.74) is 5.84. The first-order valence-corrected chi connectivity index (χ1v) is 5.41. The van der Waals surface area contributed by atoms with E-state index in [1.165, 1.54) is 13.4 Å². The summed E-state index contributed by atoms with van der Waals surface area (Å²) in [4.78, 5) is 15.4. The van der Waals surface area contributed by atoms with Crippen LogP contribution in [0.3, 0.4) is 0 Å². The molecule has 2 rings (SSSR count). The number of nitrogen functional groups attached to an aromatic ring is 1. The first-order valence-electron chi connectivity index (χ1n) is 4.64. The maximum atomic E-state index is 11.5. The highest BCUT2D eigenvalue weighted by Crippen LogP contribution is 2.27. The maximum Gasteiger partial charge on any atom is 0.344 e. The van der Waals surface area contributed by atoms with Crippen LogP contribution in [0.5, 0.6) is 0 Å². The van der Waals surface area contributed by atoms with Crippen molar-refractivity contribution in [2.45, 2.75) is 6.54 Å². The van der Waals surface area contributed by atoms with Crippen LogP contribution in [-0.4, -0.2) is 32.6 Å². The van der Waals surface area contributed by atoms with Crippen molar-refractivity contribution in [1.82, 2.24) is 19.6 Å². The molecule has 0 unspecified atom stereocenters. The minimum Gasteiger partial charge on any atom is -0.465 e. The molecule has 0 aliphatic heterocycles. The van der Waals surface area contributed by atoms with Crippen molar-refractivity contribution in [2.24, 2.45) is 0 Å². The van der Waals surface area contributed by atoms with E-state index < -0.39 is 5.97 Å². The Bertz CT molecular complexity index is 508. The Kier molecular flexibility index (Phi) is 3.19. The molecule has 2 heterocycles. The van der Waals surface area contributed by atoms with Crippen molar-refractivity contribution in [3.63, 3.8) is 0 Å². The topological polar surface area (TPSA) is 119 Å². The number of nitrogens with zero attached hydrogens (tertiary/aromatic N) is 3. The Morgan fingerprint density at radius 3 is 3.18 bits per heavy atom. The van der Waals surface area contributed by atoms with Crippen molar-refractivity contribution in [2.75, 3.05) is 18.2 Å². The number of esters is 1. The van der Waals surface area contributed by atoms with Crippen LogP contribution >= 0.6 is 11.5 Å². The van der Waals surface area contributed by atoms with Gasteiger partial charge >= 0.3 is 5.97 Å². The molecule has 9 heteroatoms. The molecule has 0 bridgehead atoms. The molecule has 0 aliphatic rings. The van der Waals surface area contributed by atoms with Gasteiger partial charge in [-0.25, -0.2) is 9.78 Å². The third-order valence-electron chi connectivity index (χ3n) is 1.99. The van der Waals surface area contributed by atoms with Crippen molar-refractivity contribution >= 4 is 28.3 Å². The quantitative estimate of drug-likeness (QED) is 0.668. The van der Waals surface area contributed by atoms with Crippen LogP contribution in [0.2, 0.25) is 0 Å². The van der Waals surface area contributed by atoms with E-state index in [1.54, 1.807) is 0 Å². The van der Waals surface area contributed by atoms with E-state index in [2.05, 4.69) is 29.6 Å². The molecule has 90 valence electrons. The predicted octanol–water partition coefficient (Wildman–Crippen LogP) is 0.242. The first kappa shape index (κ1) is 11.3. The maximum absolute atomic E-state index is 11.5. The number of carbonyl (C=O) groups is 1. The lowest BCUT2D eigenvalue weighted by Crippen LogP contribution is -2.08. The Balaban J connectivity index is 2.13. The van der Waals surface area contributed by atoms with Gasteiger partial charge in [0.25, 0.3) is 0 Å². The summed E-state index contributed by atoms with van der Waals surface area (Å²) in [6.07, 6.45) is 1.40. The van der Waals surface area contributed by atoms with Gasteiger partial charge in [-0.3, -0.25) is 5.10 Å². The second-order valence-corrected chi connectivity index (χ2v) is 3.82. The molecule has 0 aromatic carbocycles. The normalized spacial score (nSPS) is 10.2. The van der Waals surface area contributed by atoms with Crippen molar-refractivity contribution in [1.29, 1.82) is 0 Å². The smallest absolute Gasteiger partial charge is 0.344 e. The molecule has 2 aromatic rings. The Labute approximate surface area is 100 Å². The number of rotatable bonds is 4. The first-order chi connectivity index (χ1) is 8.22. The summed E-state index contributed by atoms with van der Waals surface area (Å²) in [6.45, 7) is 0.394. The molecule has 0 atom stereocenters. The van der Waals surface area contributed by atoms with E-state index in [9.17, 15) is 4.79 Å². The van der Waals surface area contributed by atoms with E-state index in [4.69, 9.17) is 5.73 Å². The fourth-order valence-electron chi connectivity index (χ4n) is 1.20. The van der Waals surface area contributed by atoms with Gasteiger partial charge in [0.1, 0.15) is 22.7 Å². The molecular formula is C8H10N6O2S. The van der Waals surface area contributed by atoms with Crippen molar-refractivity contribution in [3.05, 3.63) is 17.7 Å². The Hall–Kier alpha value is -2.16. The lowest BCUT2D eigenvalue weighted by molar-refractivity contribution is 0.0603. The van der Waals surface area contributed by atoms with Crippen LogP contribution in [0, 0.1) is 0 Å². The average Bonchev–Trinajstić information content (AvgIpc) is 2.95. The molecule has 0 radical (unpaired) electrons. The highest BCUT2D eigenvalue weighted by atomic mass is 32.1. The number of nitrogens with two attached hydrogens (primary N) is 1. The Morgan fingerprint density at radius 1 is 1.71 bits per heavy atom. The summed E-state index contributed by atoms with van der Waals surface area (Å²) < 4.78 is 8.52. The molecule has 2 aromatic heterocycles. The predicted molar refractivity (Wildman–Crippen MR) is 61.6 cm³/mol. The third kappa shape index (κ3) is 2.33. The molecule has 0 spiro atoms. The van der Waals surface area contributed by atoms with Gasteiger partial charge in [-0.15, -0.1) is 0 Å². The highest BCUT2D eigenvalue weighted by molar-refractivity contribution is 7.11. The second kappa shape index (κ2) is 4.78. The zero-order chi connectivity index (χ0) is 12.3. The SMILES string of the molecule is COC(=O)c1c(N)nsc1NCc1ncn[nH]1. The molecular weight excluding hydrogens is 244 g/mol. The molecule has 0 saturated heterocycles. The highest BCUT2D eigenvalue weighted by Gasteiger charge is 2.19. The fraction of sp³-hybridized carbons (Fsp3) is 0.250. The van der Waals surface area contributed by atoms with Crippen LogP contribution in [-0.2, 0) is 11.3 Å². The van der Waals surface area contributed by atoms with Crippen LogP contribution in [0.4, 0.5) is 10.8 Å². The molecule has 0 fully saturated rings. The minimum absolute atomic E-state index is 0.155. The van der Waals surface area contributed by atoms with E-state index in [1.807, 2.05) is 0 Å². The number of methoxy groups -OCH3 is 1. The van der Waals surface area contributed by atoms with Gasteiger partial charge in [-0.1, -0.05) is 0 Å².